The first-order valence-corrected chi connectivity index (χ1v) is 10.0. The van der Waals surface area contributed by atoms with E-state index in [1.807, 2.05) is 31.2 Å². The number of amides is 1. The molecule has 0 aliphatic rings. The second kappa shape index (κ2) is 8.26. The van der Waals surface area contributed by atoms with Crippen LogP contribution < -0.4 is 9.73 Å². The summed E-state index contributed by atoms with van der Waals surface area (Å²) >= 11 is 3.29. The lowest BCUT2D eigenvalue weighted by Crippen LogP contribution is -2.39. The van der Waals surface area contributed by atoms with Crippen molar-refractivity contribution in [1.82, 2.24) is 5.43 Å². The number of aryl methyl sites for hydroxylation is 1. The third kappa shape index (κ3) is 5.99. The molecule has 0 fully saturated rings. The molecule has 0 atom stereocenters. The fourth-order valence-corrected chi connectivity index (χ4v) is 3.36. The molecule has 6 nitrogen and oxygen atoms in total. The van der Waals surface area contributed by atoms with Crippen LogP contribution in [0.4, 0.5) is 5.69 Å². The first-order chi connectivity index (χ1) is 11.8. The zero-order valence-electron chi connectivity index (χ0n) is 13.8. The normalized spacial score (nSPS) is 11.5. The number of carbonyl (C=O) groups excluding carboxylic acids is 1. The fraction of sp³-hybridized carbons (Fsp3) is 0.176. The Morgan fingerprint density at radius 2 is 1.96 bits per heavy atom. The number of nitrogens with zero attached hydrogens (tertiary/aromatic N) is 2. The summed E-state index contributed by atoms with van der Waals surface area (Å²) in [6.45, 7) is 1.60. The summed E-state index contributed by atoms with van der Waals surface area (Å²) in [6, 6.07) is 14.3. The predicted molar refractivity (Wildman–Crippen MR) is 103 cm³/mol. The summed E-state index contributed by atoms with van der Waals surface area (Å²) < 4.78 is 25.7. The van der Waals surface area contributed by atoms with Crippen molar-refractivity contribution in [3.05, 3.63) is 64.1 Å². The van der Waals surface area contributed by atoms with E-state index in [9.17, 15) is 13.2 Å². The Morgan fingerprint density at radius 3 is 2.60 bits per heavy atom. The van der Waals surface area contributed by atoms with Gasteiger partial charge in [0.15, 0.2) is 0 Å². The van der Waals surface area contributed by atoms with E-state index in [4.69, 9.17) is 0 Å². The molecule has 0 bridgehead atoms. The maximum absolute atomic E-state index is 12.1. The van der Waals surface area contributed by atoms with Crippen LogP contribution in [0.25, 0.3) is 0 Å². The molecule has 0 aromatic heterocycles. The standard InChI is InChI=1S/C17H18BrN3O3S/c1-13-5-3-6-14(9-13)11-19-20-17(22)12-21(25(2,23)24)16-8-4-7-15(18)10-16/h3-11H,12H2,1-2H3,(H,20,22)/b19-11+. The average Bonchev–Trinajstić information content (AvgIpc) is 2.51. The number of carbonyl (C=O) groups is 1. The molecule has 0 unspecified atom stereocenters. The average molecular weight is 424 g/mol. The third-order valence-corrected chi connectivity index (χ3v) is 4.86. The third-order valence-electron chi connectivity index (χ3n) is 3.23. The van der Waals surface area contributed by atoms with Gasteiger partial charge in [-0.2, -0.15) is 5.10 Å². The van der Waals surface area contributed by atoms with Gasteiger partial charge in [0.25, 0.3) is 5.91 Å². The molecule has 0 radical (unpaired) electrons. The highest BCUT2D eigenvalue weighted by molar-refractivity contribution is 9.10. The van der Waals surface area contributed by atoms with Crippen molar-refractivity contribution in [3.63, 3.8) is 0 Å². The van der Waals surface area contributed by atoms with E-state index in [-0.39, 0.29) is 6.54 Å². The van der Waals surface area contributed by atoms with E-state index < -0.39 is 15.9 Å². The van der Waals surface area contributed by atoms with Crippen molar-refractivity contribution >= 4 is 43.8 Å². The van der Waals surface area contributed by atoms with E-state index in [0.29, 0.717) is 5.69 Å². The lowest BCUT2D eigenvalue weighted by atomic mass is 10.2. The lowest BCUT2D eigenvalue weighted by Gasteiger charge is -2.21. The number of hydrogen-bond acceptors (Lipinski definition) is 4. The maximum atomic E-state index is 12.1. The molecule has 0 heterocycles. The second-order valence-corrected chi connectivity index (χ2v) is 8.28. The molecule has 1 amide bonds. The number of nitrogens with one attached hydrogen (secondary N) is 1. The van der Waals surface area contributed by atoms with Gasteiger partial charge in [0.2, 0.25) is 10.0 Å². The van der Waals surface area contributed by atoms with Gasteiger partial charge in [-0.3, -0.25) is 9.10 Å². The van der Waals surface area contributed by atoms with Gasteiger partial charge in [0.05, 0.1) is 18.2 Å². The molecule has 0 saturated carbocycles. The molecule has 2 aromatic rings. The zero-order valence-corrected chi connectivity index (χ0v) is 16.2. The molecular weight excluding hydrogens is 406 g/mol. The molecule has 8 heteroatoms. The second-order valence-electron chi connectivity index (χ2n) is 5.46. The highest BCUT2D eigenvalue weighted by Gasteiger charge is 2.20. The molecule has 0 saturated heterocycles. The van der Waals surface area contributed by atoms with Crippen molar-refractivity contribution in [2.24, 2.45) is 5.10 Å². The molecule has 0 aliphatic heterocycles. The molecule has 1 N–H and O–H groups in total. The van der Waals surface area contributed by atoms with E-state index in [2.05, 4.69) is 26.5 Å². The van der Waals surface area contributed by atoms with E-state index in [1.54, 1.807) is 24.3 Å². The highest BCUT2D eigenvalue weighted by Crippen LogP contribution is 2.21. The predicted octanol–water partition coefficient (Wildman–Crippen LogP) is 2.67. The first kappa shape index (κ1) is 19.1. The van der Waals surface area contributed by atoms with Gasteiger partial charge >= 0.3 is 0 Å². The van der Waals surface area contributed by atoms with Gasteiger partial charge in [-0.15, -0.1) is 0 Å². The quantitative estimate of drug-likeness (QED) is 0.572. The molecule has 0 spiro atoms. The van der Waals surface area contributed by atoms with Crippen molar-refractivity contribution in [2.75, 3.05) is 17.1 Å². The van der Waals surface area contributed by atoms with Crippen LogP contribution in [0.1, 0.15) is 11.1 Å². The van der Waals surface area contributed by atoms with Gasteiger partial charge < -0.3 is 0 Å². The fourth-order valence-electron chi connectivity index (χ4n) is 2.13. The molecule has 0 aliphatic carbocycles. The number of hydrazone groups is 1. The van der Waals surface area contributed by atoms with Gasteiger partial charge in [0.1, 0.15) is 6.54 Å². The summed E-state index contributed by atoms with van der Waals surface area (Å²) in [5.74, 6) is -0.533. The minimum atomic E-state index is -3.61. The Morgan fingerprint density at radius 1 is 1.24 bits per heavy atom. The number of hydrogen-bond donors (Lipinski definition) is 1. The van der Waals surface area contributed by atoms with Crippen LogP contribution in [0, 0.1) is 6.92 Å². The molecule has 132 valence electrons. The van der Waals surface area contributed by atoms with Crippen molar-refractivity contribution in [3.8, 4) is 0 Å². The van der Waals surface area contributed by atoms with Gasteiger partial charge in [-0.25, -0.2) is 13.8 Å². The van der Waals surface area contributed by atoms with Crippen LogP contribution in [0.5, 0.6) is 0 Å². The van der Waals surface area contributed by atoms with E-state index in [0.717, 1.165) is 26.2 Å². The van der Waals surface area contributed by atoms with E-state index in [1.165, 1.54) is 6.21 Å². The SMILES string of the molecule is Cc1cccc(/C=N/NC(=O)CN(c2cccc(Br)c2)S(C)(=O)=O)c1. The minimum Gasteiger partial charge on any atom is -0.271 e. The number of benzene rings is 2. The topological polar surface area (TPSA) is 78.8 Å². The number of sulfonamides is 1. The Balaban J connectivity index is 2.07. The Hall–Kier alpha value is -2.19. The molecular formula is C17H18BrN3O3S. The van der Waals surface area contributed by atoms with Crippen molar-refractivity contribution < 1.29 is 13.2 Å². The summed E-state index contributed by atoms with van der Waals surface area (Å²) in [4.78, 5) is 12.1. The van der Waals surface area contributed by atoms with Crippen molar-refractivity contribution in [2.45, 2.75) is 6.92 Å². The van der Waals surface area contributed by atoms with Crippen LogP contribution in [-0.2, 0) is 14.8 Å². The lowest BCUT2D eigenvalue weighted by molar-refractivity contribution is -0.119. The minimum absolute atomic E-state index is 0.361. The van der Waals surface area contributed by atoms with Gasteiger partial charge in [-0.05, 0) is 30.7 Å². The maximum Gasteiger partial charge on any atom is 0.260 e. The Kier molecular flexibility index (Phi) is 6.33. The van der Waals surface area contributed by atoms with Gasteiger partial charge in [-0.1, -0.05) is 51.8 Å². The number of halogens is 1. The monoisotopic (exact) mass is 423 g/mol. The smallest absolute Gasteiger partial charge is 0.260 e. The van der Waals surface area contributed by atoms with Crippen LogP contribution in [0.2, 0.25) is 0 Å². The molecule has 2 aromatic carbocycles. The summed E-state index contributed by atoms with van der Waals surface area (Å²) in [7, 11) is -3.61. The Labute approximate surface area is 155 Å². The van der Waals surface area contributed by atoms with Crippen LogP contribution in [-0.4, -0.2) is 33.3 Å². The first-order valence-electron chi connectivity index (χ1n) is 7.37. The van der Waals surface area contributed by atoms with Crippen molar-refractivity contribution in [1.29, 1.82) is 0 Å². The summed E-state index contributed by atoms with van der Waals surface area (Å²) in [5, 5.41) is 3.87. The molecule has 2 rings (SSSR count). The summed E-state index contributed by atoms with van der Waals surface area (Å²) in [6.07, 6.45) is 2.56. The van der Waals surface area contributed by atoms with Gasteiger partial charge in [0, 0.05) is 4.47 Å². The van der Waals surface area contributed by atoms with Crippen LogP contribution in [0.3, 0.4) is 0 Å². The zero-order chi connectivity index (χ0) is 18.4. The Bertz CT molecular complexity index is 898. The largest absolute Gasteiger partial charge is 0.271 e. The van der Waals surface area contributed by atoms with Crippen LogP contribution >= 0.6 is 15.9 Å². The summed E-state index contributed by atoms with van der Waals surface area (Å²) in [5.41, 5.74) is 4.67. The number of rotatable bonds is 6. The molecule has 25 heavy (non-hydrogen) atoms. The van der Waals surface area contributed by atoms with Crippen LogP contribution in [0.15, 0.2) is 58.1 Å². The highest BCUT2D eigenvalue weighted by atomic mass is 79.9. The van der Waals surface area contributed by atoms with E-state index >= 15 is 0 Å². The number of anilines is 1.